The Hall–Kier alpha value is -5.38. The number of hydrogen-bond acceptors (Lipinski definition) is 3. The summed E-state index contributed by atoms with van der Waals surface area (Å²) in [5, 5.41) is 0. The van der Waals surface area contributed by atoms with Gasteiger partial charge in [-0.1, -0.05) is 43.7 Å². The van der Waals surface area contributed by atoms with Gasteiger partial charge in [0.2, 0.25) is 0 Å². The highest BCUT2D eigenvalue weighted by Gasteiger charge is 2.48. The Balaban J connectivity index is 0.000000910. The highest BCUT2D eigenvalue weighted by atomic mass is 19.4. The first-order valence-electron chi connectivity index (χ1n) is 21.9. The zero-order valence-electron chi connectivity index (χ0n) is 39.1. The third-order valence-electron chi connectivity index (χ3n) is 11.5. The summed E-state index contributed by atoms with van der Waals surface area (Å²) < 4.78 is 341. The first-order chi connectivity index (χ1) is 34.0. The summed E-state index contributed by atoms with van der Waals surface area (Å²) in [5.74, 6) is -4.60. The summed E-state index contributed by atoms with van der Waals surface area (Å²) in [6.07, 6.45) is -40.7. The van der Waals surface area contributed by atoms with Crippen LogP contribution in [-0.2, 0) is 49.4 Å². The molecular weight excluding hydrogens is 1080 g/mol. The second kappa shape index (κ2) is 23.9. The second-order valence-electron chi connectivity index (χ2n) is 16.4. The summed E-state index contributed by atoms with van der Waals surface area (Å²) in [4.78, 5) is 0. The molecular formula is C46H42BF24NO3. The molecule has 0 fully saturated rings. The number of benzene rings is 4. The van der Waals surface area contributed by atoms with E-state index < -0.39 is 142 Å². The second-order valence-corrected chi connectivity index (χ2v) is 16.4. The van der Waals surface area contributed by atoms with Gasteiger partial charge in [0.25, 0.3) is 0 Å². The van der Waals surface area contributed by atoms with Gasteiger partial charge < -0.3 is 18.4 Å². The fraction of sp³-hybridized carbons (Fsp3) is 0.478. The maximum Gasteiger partial charge on any atom is 0.864 e. The number of quaternary nitrogens is 1. The fourth-order valence-corrected chi connectivity index (χ4v) is 7.62. The van der Waals surface area contributed by atoms with Crippen molar-refractivity contribution in [3.63, 3.8) is 0 Å². The van der Waals surface area contributed by atoms with E-state index in [0.29, 0.717) is 31.4 Å². The lowest BCUT2D eigenvalue weighted by Gasteiger charge is -2.44. The molecule has 0 aromatic heterocycles. The molecule has 0 aliphatic rings. The number of hydrogen-bond donors (Lipinski definition) is 0. The van der Waals surface area contributed by atoms with Gasteiger partial charge in [-0.15, -0.1) is 6.07 Å². The zero-order chi connectivity index (χ0) is 57.6. The van der Waals surface area contributed by atoms with Crippen molar-refractivity contribution in [3.8, 4) is 17.2 Å². The van der Waals surface area contributed by atoms with Crippen LogP contribution < -0.4 is 14.0 Å². The average Bonchev–Trinajstić information content (AvgIpc) is 3.26. The number of unbranched alkanes of at least 4 members (excludes halogenated alkanes) is 4. The predicted molar refractivity (Wildman–Crippen MR) is 220 cm³/mol. The summed E-state index contributed by atoms with van der Waals surface area (Å²) in [6.45, 7) is 6.65. The minimum Gasteiger partial charge on any atom is -0.490 e. The van der Waals surface area contributed by atoms with Gasteiger partial charge >= 0.3 is 56.7 Å². The Morgan fingerprint density at radius 1 is 0.400 bits per heavy atom. The topological polar surface area (TPSA) is 27.7 Å². The van der Waals surface area contributed by atoms with Crippen LogP contribution in [0.2, 0.25) is 0 Å². The van der Waals surface area contributed by atoms with Crippen molar-refractivity contribution >= 4 is 7.32 Å². The summed E-state index contributed by atoms with van der Waals surface area (Å²) in [6, 6.07) is -0.319. The van der Waals surface area contributed by atoms with E-state index in [1.165, 1.54) is 0 Å². The predicted octanol–water partition coefficient (Wildman–Crippen LogP) is 18.1. The molecule has 0 radical (unpaired) electrons. The molecule has 0 saturated heterocycles. The standard InChI is InChI=1S/C38H39BF18NO3.C8H3F6/c1-5-9-10-11-12-13-30(58(6-2,7-3)8-4)32-29(38(55,56)57)20-26(37(52,53)54)21-31(32)61-39(59-27-16-22(33(40,41)42)14-23(17-27)34(43,44)45)60-28-18-24(35(46,47)48)15-25(19-28)36(49,50)51;9-7(10,11)5-2-1-3-6(4-5)8(12,13)14/h14-21,30H,5-13H2,1-4H3;2-4H/q+1;-1. The SMILES string of the molecule is CCCCCCCC(c1c(OB(Oc2cc(C(F)(F)F)cc(C(F)(F)F)c2)Oc2cc(C(F)(F)F)cc(C(F)(F)F)c2)cc(C(F)(F)F)cc1C(F)(F)F)[N+](CC)(CC)CC.FC(F)(F)c1c[c-]cc(C(F)(F)F)c1. The Bertz CT molecular complexity index is 2300. The van der Waals surface area contributed by atoms with Gasteiger partial charge in [0.05, 0.1) is 58.6 Å². The number of nitrogens with zero attached hydrogens (tertiary/aromatic N) is 1. The van der Waals surface area contributed by atoms with Crippen molar-refractivity contribution in [2.45, 2.75) is 122 Å². The van der Waals surface area contributed by atoms with Crippen LogP contribution >= 0.6 is 0 Å². The molecule has 29 heteroatoms. The normalized spacial score (nSPS) is 13.8. The molecule has 0 bridgehead atoms. The van der Waals surface area contributed by atoms with E-state index in [-0.39, 0.29) is 79.4 Å². The third-order valence-corrected chi connectivity index (χ3v) is 11.5. The van der Waals surface area contributed by atoms with Crippen LogP contribution in [0.3, 0.4) is 0 Å². The summed E-state index contributed by atoms with van der Waals surface area (Å²) in [7, 11) is -3.27. The van der Waals surface area contributed by atoms with Gasteiger partial charge in [-0.2, -0.15) is 124 Å². The molecule has 0 aliphatic carbocycles. The Labute approximate surface area is 412 Å². The van der Waals surface area contributed by atoms with Crippen LogP contribution in [0.25, 0.3) is 0 Å². The molecule has 0 amide bonds. The van der Waals surface area contributed by atoms with E-state index in [4.69, 9.17) is 14.0 Å². The first kappa shape index (κ1) is 63.9. The van der Waals surface area contributed by atoms with Gasteiger partial charge in [-0.05, 0) is 75.7 Å². The summed E-state index contributed by atoms with van der Waals surface area (Å²) >= 11 is 0. The number of halogens is 24. The van der Waals surface area contributed by atoms with Crippen molar-refractivity contribution < 1.29 is 124 Å². The molecule has 4 aromatic carbocycles. The lowest BCUT2D eigenvalue weighted by atomic mass is 9.89. The van der Waals surface area contributed by atoms with Crippen LogP contribution in [0, 0.1) is 6.07 Å². The zero-order valence-corrected chi connectivity index (χ0v) is 39.1. The van der Waals surface area contributed by atoms with Crippen LogP contribution in [0.1, 0.15) is 122 Å². The number of rotatable bonds is 17. The van der Waals surface area contributed by atoms with Crippen LogP contribution in [0.5, 0.6) is 17.2 Å². The maximum atomic E-state index is 15.1. The van der Waals surface area contributed by atoms with E-state index >= 15 is 13.2 Å². The van der Waals surface area contributed by atoms with E-state index in [2.05, 4.69) is 0 Å². The van der Waals surface area contributed by atoms with Gasteiger partial charge in [0, 0.05) is 6.42 Å². The van der Waals surface area contributed by atoms with E-state index in [1.807, 2.05) is 6.92 Å². The molecule has 1 unspecified atom stereocenters. The fourth-order valence-electron chi connectivity index (χ4n) is 7.62. The van der Waals surface area contributed by atoms with Crippen molar-refractivity contribution in [2.75, 3.05) is 19.6 Å². The Kier molecular flexibility index (Phi) is 20.4. The average molecular weight is 1120 g/mol. The molecule has 0 N–H and O–H groups in total. The molecule has 0 heterocycles. The van der Waals surface area contributed by atoms with E-state index in [9.17, 15) is 92.2 Å². The molecule has 4 nitrogen and oxygen atoms in total. The molecule has 0 saturated carbocycles. The smallest absolute Gasteiger partial charge is 0.490 e. The van der Waals surface area contributed by atoms with E-state index in [1.54, 1.807) is 26.8 Å². The molecule has 75 heavy (non-hydrogen) atoms. The number of alkyl halides is 24. The van der Waals surface area contributed by atoms with E-state index in [0.717, 1.165) is 6.42 Å². The van der Waals surface area contributed by atoms with Gasteiger partial charge in [0.1, 0.15) is 23.3 Å². The summed E-state index contributed by atoms with van der Waals surface area (Å²) in [5.41, 5.74) is -16.1. The van der Waals surface area contributed by atoms with Gasteiger partial charge in [0.15, 0.2) is 0 Å². The lowest BCUT2D eigenvalue weighted by Crippen LogP contribution is -2.51. The minimum absolute atomic E-state index is 0.00933. The molecule has 1 atom stereocenters. The maximum absolute atomic E-state index is 15.1. The Morgan fingerprint density at radius 3 is 1.05 bits per heavy atom. The molecule has 0 spiro atoms. The Morgan fingerprint density at radius 2 is 0.733 bits per heavy atom. The van der Waals surface area contributed by atoms with Gasteiger partial charge in [-0.25, -0.2) is 0 Å². The third kappa shape index (κ3) is 17.9. The lowest BCUT2D eigenvalue weighted by molar-refractivity contribution is -0.953. The minimum atomic E-state index is -5.64. The highest BCUT2D eigenvalue weighted by molar-refractivity contribution is 6.39. The van der Waals surface area contributed by atoms with Crippen molar-refractivity contribution in [2.24, 2.45) is 0 Å². The van der Waals surface area contributed by atoms with Gasteiger partial charge in [-0.3, -0.25) is 0 Å². The van der Waals surface area contributed by atoms with Crippen LogP contribution in [0.15, 0.2) is 66.7 Å². The van der Waals surface area contributed by atoms with Crippen LogP contribution in [0.4, 0.5) is 105 Å². The molecule has 420 valence electrons. The van der Waals surface area contributed by atoms with Crippen molar-refractivity contribution in [1.29, 1.82) is 0 Å². The molecule has 4 aromatic rings. The quantitative estimate of drug-likeness (QED) is 0.0347. The van der Waals surface area contributed by atoms with Crippen molar-refractivity contribution in [1.82, 2.24) is 0 Å². The monoisotopic (exact) mass is 1120 g/mol. The molecule has 0 aliphatic heterocycles. The largest absolute Gasteiger partial charge is 0.864 e. The van der Waals surface area contributed by atoms with Crippen LogP contribution in [-0.4, -0.2) is 31.4 Å². The van der Waals surface area contributed by atoms with Crippen molar-refractivity contribution in [3.05, 3.63) is 123 Å². The highest BCUT2D eigenvalue weighted by Crippen LogP contribution is 2.49. The first-order valence-corrected chi connectivity index (χ1v) is 21.9. The molecule has 4 rings (SSSR count).